The second-order valence-electron chi connectivity index (χ2n) is 4.50. The lowest BCUT2D eigenvalue weighted by molar-refractivity contribution is 0.0730. The van der Waals surface area contributed by atoms with Gasteiger partial charge < -0.3 is 4.74 Å². The smallest absolute Gasteiger partial charge is 0.245 e. The van der Waals surface area contributed by atoms with E-state index in [1.54, 1.807) is 0 Å². The number of hydrogen-bond acceptors (Lipinski definition) is 4. The average molecular weight is 332 g/mol. The van der Waals surface area contributed by atoms with Crippen molar-refractivity contribution in [1.29, 1.82) is 0 Å². The Morgan fingerprint density at radius 2 is 1.95 bits per heavy atom. The number of thiophene rings is 1. The van der Waals surface area contributed by atoms with E-state index in [0.717, 1.165) is 10.1 Å². The van der Waals surface area contributed by atoms with Crippen molar-refractivity contribution in [3.05, 3.63) is 29.1 Å². The zero-order valence-electron chi connectivity index (χ0n) is 10.7. The van der Waals surface area contributed by atoms with Gasteiger partial charge in [0.25, 0.3) is 0 Å². The predicted molar refractivity (Wildman–Crippen MR) is 81.0 cm³/mol. The number of fused-ring (bicyclic) bond motifs is 1. The van der Waals surface area contributed by atoms with E-state index in [9.17, 15) is 8.42 Å². The maximum absolute atomic E-state index is 12.9. The van der Waals surface area contributed by atoms with Crippen LogP contribution in [0.3, 0.4) is 0 Å². The molecule has 0 spiro atoms. The van der Waals surface area contributed by atoms with Crippen LogP contribution in [0.2, 0.25) is 0 Å². The highest BCUT2D eigenvalue weighted by Crippen LogP contribution is 2.37. The fourth-order valence-electron chi connectivity index (χ4n) is 2.36. The Hall–Kier alpha value is -0.660. The van der Waals surface area contributed by atoms with Crippen molar-refractivity contribution in [2.75, 3.05) is 26.3 Å². The standard InChI is InChI=1S/C13H14ClNO3S2/c14-9-12-13(10-3-1-2-4-11(10)19-12)20(16,17)15-5-7-18-8-6-15/h1-4H,5-9H2. The van der Waals surface area contributed by atoms with Crippen LogP contribution in [0.15, 0.2) is 29.2 Å². The molecule has 20 heavy (non-hydrogen) atoms. The summed E-state index contributed by atoms with van der Waals surface area (Å²) in [7, 11) is -3.51. The first-order valence-electron chi connectivity index (χ1n) is 6.29. The van der Waals surface area contributed by atoms with E-state index in [0.29, 0.717) is 36.1 Å². The van der Waals surface area contributed by atoms with Crippen molar-refractivity contribution in [1.82, 2.24) is 4.31 Å². The SMILES string of the molecule is O=S(=O)(c1c(CCl)sc2ccccc12)N1CCOCC1. The molecule has 4 nitrogen and oxygen atoms in total. The molecule has 0 aliphatic carbocycles. The first-order chi connectivity index (χ1) is 9.64. The molecule has 1 saturated heterocycles. The van der Waals surface area contributed by atoms with Crippen LogP contribution >= 0.6 is 22.9 Å². The van der Waals surface area contributed by atoms with Crippen molar-refractivity contribution in [2.45, 2.75) is 10.8 Å². The summed E-state index contributed by atoms with van der Waals surface area (Å²) in [4.78, 5) is 1.08. The molecule has 0 unspecified atom stereocenters. The molecule has 0 saturated carbocycles. The summed E-state index contributed by atoms with van der Waals surface area (Å²) in [6.07, 6.45) is 0. The molecule has 7 heteroatoms. The average Bonchev–Trinajstić information content (AvgIpc) is 2.87. The quantitative estimate of drug-likeness (QED) is 0.812. The lowest BCUT2D eigenvalue weighted by Crippen LogP contribution is -2.40. The Balaban J connectivity index is 2.17. The van der Waals surface area contributed by atoms with Crippen molar-refractivity contribution in [2.24, 2.45) is 0 Å². The summed E-state index contributed by atoms with van der Waals surface area (Å²) in [5.74, 6) is 0.207. The van der Waals surface area contributed by atoms with E-state index in [-0.39, 0.29) is 5.88 Å². The third-order valence-corrected chi connectivity index (χ3v) is 7.06. The lowest BCUT2D eigenvalue weighted by Gasteiger charge is -2.26. The highest BCUT2D eigenvalue weighted by Gasteiger charge is 2.31. The minimum absolute atomic E-state index is 0.207. The van der Waals surface area contributed by atoms with Gasteiger partial charge in [-0.3, -0.25) is 0 Å². The van der Waals surface area contributed by atoms with E-state index in [4.69, 9.17) is 16.3 Å². The summed E-state index contributed by atoms with van der Waals surface area (Å²) >= 11 is 7.40. The zero-order valence-corrected chi connectivity index (χ0v) is 13.1. The van der Waals surface area contributed by atoms with Crippen molar-refractivity contribution in [3.63, 3.8) is 0 Å². The number of nitrogens with zero attached hydrogens (tertiary/aromatic N) is 1. The maximum atomic E-state index is 12.9. The summed E-state index contributed by atoms with van der Waals surface area (Å²) in [5, 5.41) is 0.764. The molecular formula is C13H14ClNO3S2. The Morgan fingerprint density at radius 1 is 1.25 bits per heavy atom. The summed E-state index contributed by atoms with van der Waals surface area (Å²) in [6, 6.07) is 7.52. The number of rotatable bonds is 3. The lowest BCUT2D eigenvalue weighted by atomic mass is 10.2. The normalized spacial score (nSPS) is 17.6. The summed E-state index contributed by atoms with van der Waals surface area (Å²) < 4.78 is 33.4. The molecule has 1 aliphatic heterocycles. The predicted octanol–water partition coefficient (Wildman–Crippen LogP) is 2.66. The number of benzene rings is 1. The van der Waals surface area contributed by atoms with Crippen molar-refractivity contribution < 1.29 is 13.2 Å². The van der Waals surface area contributed by atoms with Gasteiger partial charge in [-0.25, -0.2) is 8.42 Å². The van der Waals surface area contributed by atoms with Crippen LogP contribution in [0.4, 0.5) is 0 Å². The molecule has 2 aromatic rings. The molecule has 108 valence electrons. The van der Waals surface area contributed by atoms with Gasteiger partial charge in [0.2, 0.25) is 10.0 Å². The molecule has 0 bridgehead atoms. The summed E-state index contributed by atoms with van der Waals surface area (Å²) in [6.45, 7) is 1.68. The highest BCUT2D eigenvalue weighted by atomic mass is 35.5. The molecule has 1 aromatic heterocycles. The van der Waals surface area contributed by atoms with Crippen LogP contribution in [0.5, 0.6) is 0 Å². The molecule has 0 N–H and O–H groups in total. The van der Waals surface area contributed by atoms with Gasteiger partial charge in [0.05, 0.1) is 19.1 Å². The fraction of sp³-hybridized carbons (Fsp3) is 0.385. The number of hydrogen-bond donors (Lipinski definition) is 0. The van der Waals surface area contributed by atoms with Gasteiger partial charge in [0.1, 0.15) is 4.90 Å². The van der Waals surface area contributed by atoms with E-state index >= 15 is 0 Å². The third kappa shape index (κ3) is 2.35. The van der Waals surface area contributed by atoms with Crippen LogP contribution in [-0.2, 0) is 20.6 Å². The van der Waals surface area contributed by atoms with Crippen molar-refractivity contribution in [3.8, 4) is 0 Å². The molecule has 0 amide bonds. The molecule has 1 aromatic carbocycles. The molecule has 3 rings (SSSR count). The monoisotopic (exact) mass is 331 g/mol. The van der Waals surface area contributed by atoms with Crippen LogP contribution in [0.1, 0.15) is 4.88 Å². The van der Waals surface area contributed by atoms with Crippen LogP contribution < -0.4 is 0 Å². The van der Waals surface area contributed by atoms with Crippen molar-refractivity contribution >= 4 is 43.0 Å². The minimum Gasteiger partial charge on any atom is -0.379 e. The second-order valence-corrected chi connectivity index (χ2v) is 7.78. The van der Waals surface area contributed by atoms with Crippen LogP contribution in [0.25, 0.3) is 10.1 Å². The second kappa shape index (κ2) is 5.61. The van der Waals surface area contributed by atoms with Gasteiger partial charge in [0, 0.05) is 28.1 Å². The zero-order chi connectivity index (χ0) is 14.2. The number of alkyl halides is 1. The first kappa shape index (κ1) is 14.3. The number of ether oxygens (including phenoxy) is 1. The molecular weight excluding hydrogens is 318 g/mol. The van der Waals surface area contributed by atoms with E-state index in [1.807, 2.05) is 24.3 Å². The van der Waals surface area contributed by atoms with Gasteiger partial charge in [-0.05, 0) is 6.07 Å². The van der Waals surface area contributed by atoms with E-state index in [2.05, 4.69) is 0 Å². The fourth-order valence-corrected chi connectivity index (χ4v) is 5.89. The Morgan fingerprint density at radius 3 is 2.65 bits per heavy atom. The molecule has 0 radical (unpaired) electrons. The molecule has 1 fully saturated rings. The maximum Gasteiger partial charge on any atom is 0.245 e. The number of sulfonamides is 1. The topological polar surface area (TPSA) is 46.6 Å². The van der Waals surface area contributed by atoms with Gasteiger partial charge in [-0.15, -0.1) is 22.9 Å². The first-order valence-corrected chi connectivity index (χ1v) is 9.08. The highest BCUT2D eigenvalue weighted by molar-refractivity contribution is 7.89. The largest absolute Gasteiger partial charge is 0.379 e. The third-order valence-electron chi connectivity index (χ3n) is 3.31. The Labute approximate surface area is 127 Å². The Kier molecular flexibility index (Phi) is 4.01. The number of halogens is 1. The van der Waals surface area contributed by atoms with Gasteiger partial charge in [0.15, 0.2) is 0 Å². The minimum atomic E-state index is -3.51. The van der Waals surface area contributed by atoms with Gasteiger partial charge >= 0.3 is 0 Å². The molecule has 2 heterocycles. The van der Waals surface area contributed by atoms with E-state index < -0.39 is 10.0 Å². The number of morpholine rings is 1. The molecule has 0 atom stereocenters. The van der Waals surface area contributed by atoms with Gasteiger partial charge in [-0.2, -0.15) is 4.31 Å². The van der Waals surface area contributed by atoms with Crippen LogP contribution in [-0.4, -0.2) is 39.0 Å². The Bertz CT molecular complexity index is 720. The van der Waals surface area contributed by atoms with Crippen LogP contribution in [0, 0.1) is 0 Å². The summed E-state index contributed by atoms with van der Waals surface area (Å²) in [5.41, 5.74) is 0. The van der Waals surface area contributed by atoms with Gasteiger partial charge in [-0.1, -0.05) is 18.2 Å². The molecule has 1 aliphatic rings. The van der Waals surface area contributed by atoms with E-state index in [1.165, 1.54) is 15.6 Å².